The van der Waals surface area contributed by atoms with Gasteiger partial charge in [-0.2, -0.15) is 5.26 Å². The summed E-state index contributed by atoms with van der Waals surface area (Å²) in [6, 6.07) is 15.3. The molecule has 0 unspecified atom stereocenters. The van der Waals surface area contributed by atoms with Gasteiger partial charge in [0, 0.05) is 12.6 Å². The van der Waals surface area contributed by atoms with Gasteiger partial charge in [0.05, 0.1) is 25.5 Å². The monoisotopic (exact) mass is 268 g/mol. The van der Waals surface area contributed by atoms with Gasteiger partial charge in [-0.05, 0) is 29.8 Å². The second-order valence-electron chi connectivity index (χ2n) is 4.23. The van der Waals surface area contributed by atoms with Gasteiger partial charge >= 0.3 is 0 Å². The summed E-state index contributed by atoms with van der Waals surface area (Å²) >= 11 is 0. The van der Waals surface area contributed by atoms with Crippen LogP contribution in [0, 0.1) is 11.3 Å². The van der Waals surface area contributed by atoms with E-state index in [1.54, 1.807) is 26.4 Å². The molecular formula is C16H16N2O2. The highest BCUT2D eigenvalue weighted by Gasteiger charge is 2.04. The minimum absolute atomic E-state index is 0.591. The molecule has 0 fully saturated rings. The Hall–Kier alpha value is -2.67. The van der Waals surface area contributed by atoms with Crippen LogP contribution < -0.4 is 14.8 Å². The molecule has 20 heavy (non-hydrogen) atoms. The molecule has 0 spiro atoms. The van der Waals surface area contributed by atoms with E-state index in [0.29, 0.717) is 12.1 Å². The van der Waals surface area contributed by atoms with Crippen molar-refractivity contribution in [2.75, 3.05) is 19.5 Å². The molecule has 4 nitrogen and oxygen atoms in total. The van der Waals surface area contributed by atoms with Crippen LogP contribution in [0.2, 0.25) is 0 Å². The van der Waals surface area contributed by atoms with Gasteiger partial charge in [-0.15, -0.1) is 0 Å². The normalized spacial score (nSPS) is 9.65. The van der Waals surface area contributed by atoms with Crippen LogP contribution in [0.5, 0.6) is 11.5 Å². The molecule has 4 heteroatoms. The van der Waals surface area contributed by atoms with Crippen molar-refractivity contribution < 1.29 is 9.47 Å². The van der Waals surface area contributed by atoms with Gasteiger partial charge in [0.25, 0.3) is 0 Å². The first-order valence-electron chi connectivity index (χ1n) is 6.21. The third-order valence-electron chi connectivity index (χ3n) is 2.96. The summed E-state index contributed by atoms with van der Waals surface area (Å²) in [6.07, 6.45) is 0. The molecule has 2 aromatic carbocycles. The number of benzene rings is 2. The van der Waals surface area contributed by atoms with Gasteiger partial charge in [-0.25, -0.2) is 0 Å². The van der Waals surface area contributed by atoms with Crippen molar-refractivity contribution in [2.24, 2.45) is 0 Å². The fraction of sp³-hybridized carbons (Fsp3) is 0.188. The summed E-state index contributed by atoms with van der Waals surface area (Å²) in [5, 5.41) is 12.4. The molecule has 2 aromatic rings. The van der Waals surface area contributed by atoms with Crippen molar-refractivity contribution in [3.8, 4) is 17.6 Å². The van der Waals surface area contributed by atoms with Gasteiger partial charge in [-0.1, -0.05) is 12.1 Å². The second-order valence-corrected chi connectivity index (χ2v) is 4.23. The fourth-order valence-electron chi connectivity index (χ4n) is 1.87. The van der Waals surface area contributed by atoms with E-state index < -0.39 is 0 Å². The predicted molar refractivity (Wildman–Crippen MR) is 78.0 cm³/mol. The SMILES string of the molecule is COc1cccc(CNc2cc(OC)ccc2C#N)c1. The number of hydrogen-bond donors (Lipinski definition) is 1. The molecular weight excluding hydrogens is 252 g/mol. The van der Waals surface area contributed by atoms with Crippen LogP contribution in [-0.4, -0.2) is 14.2 Å². The van der Waals surface area contributed by atoms with E-state index in [9.17, 15) is 0 Å². The van der Waals surface area contributed by atoms with Crippen LogP contribution >= 0.6 is 0 Å². The molecule has 2 rings (SSSR count). The number of rotatable bonds is 5. The Bertz CT molecular complexity index is 633. The first kappa shape index (κ1) is 13.8. The Morgan fingerprint density at radius 2 is 1.80 bits per heavy atom. The number of anilines is 1. The number of nitrogens with zero attached hydrogens (tertiary/aromatic N) is 1. The zero-order chi connectivity index (χ0) is 14.4. The second kappa shape index (κ2) is 6.48. The molecule has 102 valence electrons. The van der Waals surface area contributed by atoms with E-state index >= 15 is 0 Å². The average molecular weight is 268 g/mol. The topological polar surface area (TPSA) is 54.3 Å². The maximum Gasteiger partial charge on any atom is 0.121 e. The summed E-state index contributed by atoms with van der Waals surface area (Å²) in [4.78, 5) is 0. The van der Waals surface area contributed by atoms with Crippen LogP contribution in [0.15, 0.2) is 42.5 Å². The van der Waals surface area contributed by atoms with E-state index in [-0.39, 0.29) is 0 Å². The van der Waals surface area contributed by atoms with Crippen molar-refractivity contribution in [3.63, 3.8) is 0 Å². The Balaban J connectivity index is 2.15. The van der Waals surface area contributed by atoms with Crippen molar-refractivity contribution in [2.45, 2.75) is 6.54 Å². The maximum atomic E-state index is 9.11. The Morgan fingerprint density at radius 3 is 2.50 bits per heavy atom. The third kappa shape index (κ3) is 3.21. The van der Waals surface area contributed by atoms with Crippen LogP contribution in [0.4, 0.5) is 5.69 Å². The van der Waals surface area contributed by atoms with Gasteiger partial charge < -0.3 is 14.8 Å². The van der Waals surface area contributed by atoms with Gasteiger partial charge in [0.15, 0.2) is 0 Å². The highest BCUT2D eigenvalue weighted by atomic mass is 16.5. The molecule has 0 atom stereocenters. The highest BCUT2D eigenvalue weighted by molar-refractivity contribution is 5.60. The molecule has 0 bridgehead atoms. The lowest BCUT2D eigenvalue weighted by molar-refractivity contribution is 0.414. The van der Waals surface area contributed by atoms with Crippen molar-refractivity contribution in [3.05, 3.63) is 53.6 Å². The van der Waals surface area contributed by atoms with Crippen LogP contribution in [0.25, 0.3) is 0 Å². The van der Waals surface area contributed by atoms with Crippen LogP contribution in [0.3, 0.4) is 0 Å². The summed E-state index contributed by atoms with van der Waals surface area (Å²) < 4.78 is 10.4. The minimum atomic E-state index is 0.591. The van der Waals surface area contributed by atoms with Crippen LogP contribution in [-0.2, 0) is 6.54 Å². The number of methoxy groups -OCH3 is 2. The molecule has 1 N–H and O–H groups in total. The standard InChI is InChI=1S/C16H16N2O2/c1-19-14-5-3-4-12(8-14)11-18-16-9-15(20-2)7-6-13(16)10-17/h3-9,18H,11H2,1-2H3. The Labute approximate surface area is 118 Å². The minimum Gasteiger partial charge on any atom is -0.497 e. The van der Waals surface area contributed by atoms with E-state index in [2.05, 4.69) is 11.4 Å². The molecule has 0 aliphatic carbocycles. The lowest BCUT2D eigenvalue weighted by Crippen LogP contribution is -2.02. The molecule has 0 radical (unpaired) electrons. The molecule has 0 amide bonds. The van der Waals surface area contributed by atoms with Crippen LogP contribution in [0.1, 0.15) is 11.1 Å². The zero-order valence-electron chi connectivity index (χ0n) is 11.5. The molecule has 0 saturated heterocycles. The van der Waals surface area contributed by atoms with Gasteiger partial charge in [0.2, 0.25) is 0 Å². The Kier molecular flexibility index (Phi) is 4.46. The number of nitriles is 1. The van der Waals surface area contributed by atoms with E-state index in [0.717, 1.165) is 22.7 Å². The molecule has 0 saturated carbocycles. The van der Waals surface area contributed by atoms with Crippen molar-refractivity contribution >= 4 is 5.69 Å². The average Bonchev–Trinajstić information content (AvgIpc) is 2.52. The molecule has 0 aliphatic heterocycles. The smallest absolute Gasteiger partial charge is 0.121 e. The zero-order valence-corrected chi connectivity index (χ0v) is 11.5. The van der Waals surface area contributed by atoms with Gasteiger partial charge in [0.1, 0.15) is 17.6 Å². The predicted octanol–water partition coefficient (Wildman–Crippen LogP) is 3.19. The summed E-state index contributed by atoms with van der Waals surface area (Å²) in [5.74, 6) is 1.53. The first-order chi connectivity index (χ1) is 9.76. The number of ether oxygens (including phenoxy) is 2. The summed E-state index contributed by atoms with van der Waals surface area (Å²) in [7, 11) is 3.25. The summed E-state index contributed by atoms with van der Waals surface area (Å²) in [5.41, 5.74) is 2.43. The van der Waals surface area contributed by atoms with Gasteiger partial charge in [-0.3, -0.25) is 0 Å². The lowest BCUT2D eigenvalue weighted by atomic mass is 10.1. The third-order valence-corrected chi connectivity index (χ3v) is 2.96. The van der Waals surface area contributed by atoms with E-state index in [1.165, 1.54) is 0 Å². The van der Waals surface area contributed by atoms with E-state index in [4.69, 9.17) is 14.7 Å². The quantitative estimate of drug-likeness (QED) is 0.904. The number of hydrogen-bond acceptors (Lipinski definition) is 4. The first-order valence-corrected chi connectivity index (χ1v) is 6.21. The Morgan fingerprint density at radius 1 is 1.05 bits per heavy atom. The maximum absolute atomic E-state index is 9.11. The summed E-state index contributed by atoms with van der Waals surface area (Å²) in [6.45, 7) is 0.610. The molecule has 0 heterocycles. The molecule has 0 aliphatic rings. The number of nitrogens with one attached hydrogen (secondary N) is 1. The molecule has 0 aromatic heterocycles. The largest absolute Gasteiger partial charge is 0.497 e. The van der Waals surface area contributed by atoms with Crippen molar-refractivity contribution in [1.29, 1.82) is 5.26 Å². The van der Waals surface area contributed by atoms with E-state index in [1.807, 2.05) is 30.3 Å². The highest BCUT2D eigenvalue weighted by Crippen LogP contribution is 2.23. The van der Waals surface area contributed by atoms with Crippen molar-refractivity contribution in [1.82, 2.24) is 0 Å². The lowest BCUT2D eigenvalue weighted by Gasteiger charge is -2.10. The fourth-order valence-corrected chi connectivity index (χ4v) is 1.87.